The van der Waals surface area contributed by atoms with Gasteiger partial charge in [0.15, 0.2) is 0 Å². The smallest absolute Gasteiger partial charge is 0.122 e. The fourth-order valence-corrected chi connectivity index (χ4v) is 2.52. The number of hydrogen-bond donors (Lipinski definition) is 1. The lowest BCUT2D eigenvalue weighted by Gasteiger charge is -2.19. The van der Waals surface area contributed by atoms with Crippen LogP contribution in [0, 0.1) is 5.92 Å². The van der Waals surface area contributed by atoms with E-state index in [0.29, 0.717) is 0 Å². The zero-order valence-electron chi connectivity index (χ0n) is 11.0. The largest absolute Gasteiger partial charge is 0.493 e. The summed E-state index contributed by atoms with van der Waals surface area (Å²) < 4.78 is 5.64. The lowest BCUT2D eigenvalue weighted by molar-refractivity contribution is 0.288. The third-order valence-electron chi connectivity index (χ3n) is 3.57. The summed E-state index contributed by atoms with van der Waals surface area (Å²) in [6.07, 6.45) is 4.73. The molecule has 0 fully saturated rings. The minimum absolute atomic E-state index is 0.738. The molecular formula is C15H23NO. The zero-order valence-corrected chi connectivity index (χ0v) is 11.0. The molecule has 2 nitrogen and oxygen atoms in total. The molecule has 0 saturated heterocycles. The Morgan fingerprint density at radius 1 is 1.41 bits per heavy atom. The maximum atomic E-state index is 5.64. The fraction of sp³-hybridized carbons (Fsp3) is 0.600. The number of rotatable bonds is 5. The predicted octanol–water partition coefficient (Wildman–Crippen LogP) is 2.80. The van der Waals surface area contributed by atoms with Crippen LogP contribution in [0.3, 0.4) is 0 Å². The normalized spacial score (nSPS) is 16.1. The van der Waals surface area contributed by atoms with Crippen LogP contribution in [0.1, 0.15) is 30.9 Å². The number of ether oxygens (including phenoxy) is 1. The van der Waals surface area contributed by atoms with Crippen LogP contribution in [0.2, 0.25) is 0 Å². The average Bonchev–Trinajstić information content (AvgIpc) is 2.38. The minimum atomic E-state index is 0.738. The summed E-state index contributed by atoms with van der Waals surface area (Å²) in [5.74, 6) is 1.84. The van der Waals surface area contributed by atoms with Gasteiger partial charge in [-0.3, -0.25) is 0 Å². The highest BCUT2D eigenvalue weighted by Crippen LogP contribution is 2.26. The highest BCUT2D eigenvalue weighted by molar-refractivity contribution is 5.38. The van der Waals surface area contributed by atoms with Crippen LogP contribution >= 0.6 is 0 Å². The molecule has 94 valence electrons. The summed E-state index contributed by atoms with van der Waals surface area (Å²) in [4.78, 5) is 0. The summed E-state index contributed by atoms with van der Waals surface area (Å²) >= 11 is 0. The molecule has 1 heterocycles. The molecular weight excluding hydrogens is 210 g/mol. The van der Waals surface area contributed by atoms with Gasteiger partial charge in [0.25, 0.3) is 0 Å². The molecule has 0 bridgehead atoms. The summed E-state index contributed by atoms with van der Waals surface area (Å²) in [6, 6.07) is 6.71. The van der Waals surface area contributed by atoms with Gasteiger partial charge in [-0.1, -0.05) is 25.5 Å². The first-order valence-electron chi connectivity index (χ1n) is 6.72. The van der Waals surface area contributed by atoms with Crippen molar-refractivity contribution >= 4 is 0 Å². The van der Waals surface area contributed by atoms with Gasteiger partial charge >= 0.3 is 0 Å². The Kier molecular flexibility index (Phi) is 4.43. The first-order chi connectivity index (χ1) is 8.33. The molecule has 17 heavy (non-hydrogen) atoms. The van der Waals surface area contributed by atoms with E-state index in [1.165, 1.54) is 30.4 Å². The SMILES string of the molecule is CCC(CNC)Cc1ccc2c(c1)CCCO2. The number of nitrogens with one attached hydrogen (secondary N) is 1. The molecule has 0 saturated carbocycles. The first kappa shape index (κ1) is 12.4. The summed E-state index contributed by atoms with van der Waals surface area (Å²) in [5.41, 5.74) is 2.85. The lowest BCUT2D eigenvalue weighted by Crippen LogP contribution is -2.20. The van der Waals surface area contributed by atoms with Gasteiger partial charge in [0.05, 0.1) is 6.61 Å². The van der Waals surface area contributed by atoms with Crippen molar-refractivity contribution < 1.29 is 4.74 Å². The van der Waals surface area contributed by atoms with Crippen molar-refractivity contribution in [3.8, 4) is 5.75 Å². The number of hydrogen-bond acceptors (Lipinski definition) is 2. The number of aryl methyl sites for hydroxylation is 1. The van der Waals surface area contributed by atoms with E-state index in [0.717, 1.165) is 31.2 Å². The molecule has 0 aromatic heterocycles. The van der Waals surface area contributed by atoms with Crippen molar-refractivity contribution in [1.82, 2.24) is 5.32 Å². The van der Waals surface area contributed by atoms with Gasteiger partial charge in [-0.05, 0) is 56.0 Å². The molecule has 0 spiro atoms. The summed E-state index contributed by atoms with van der Waals surface area (Å²) in [7, 11) is 2.03. The monoisotopic (exact) mass is 233 g/mol. The topological polar surface area (TPSA) is 21.3 Å². The minimum Gasteiger partial charge on any atom is -0.493 e. The van der Waals surface area contributed by atoms with Gasteiger partial charge in [-0.15, -0.1) is 0 Å². The number of benzene rings is 1. The Bertz CT molecular complexity index is 362. The molecule has 1 aliphatic rings. The van der Waals surface area contributed by atoms with Crippen LogP contribution in [0.4, 0.5) is 0 Å². The van der Waals surface area contributed by atoms with Crippen molar-refractivity contribution in [3.05, 3.63) is 29.3 Å². The van der Waals surface area contributed by atoms with E-state index in [1.807, 2.05) is 7.05 Å². The molecule has 1 aromatic rings. The molecule has 1 aliphatic heterocycles. The Hall–Kier alpha value is -1.02. The maximum Gasteiger partial charge on any atom is 0.122 e. The third-order valence-corrected chi connectivity index (χ3v) is 3.57. The van der Waals surface area contributed by atoms with Gasteiger partial charge in [-0.25, -0.2) is 0 Å². The molecule has 0 amide bonds. The summed E-state index contributed by atoms with van der Waals surface area (Å²) in [5, 5.41) is 3.28. The van der Waals surface area contributed by atoms with Crippen molar-refractivity contribution in [3.63, 3.8) is 0 Å². The van der Waals surface area contributed by atoms with Crippen LogP contribution < -0.4 is 10.1 Å². The van der Waals surface area contributed by atoms with Gasteiger partial charge in [0.2, 0.25) is 0 Å². The molecule has 0 aliphatic carbocycles. The van der Waals surface area contributed by atoms with Crippen molar-refractivity contribution in [2.24, 2.45) is 5.92 Å². The standard InChI is InChI=1S/C15H23NO/c1-3-12(11-16-2)9-13-6-7-15-14(10-13)5-4-8-17-15/h6-7,10,12,16H,3-5,8-9,11H2,1-2H3. The first-order valence-corrected chi connectivity index (χ1v) is 6.72. The third kappa shape index (κ3) is 3.22. The second-order valence-corrected chi connectivity index (χ2v) is 4.93. The van der Waals surface area contributed by atoms with E-state index in [2.05, 4.69) is 30.4 Å². The van der Waals surface area contributed by atoms with Crippen LogP contribution in [-0.2, 0) is 12.8 Å². The van der Waals surface area contributed by atoms with E-state index >= 15 is 0 Å². The fourth-order valence-electron chi connectivity index (χ4n) is 2.52. The van der Waals surface area contributed by atoms with Crippen LogP contribution in [0.5, 0.6) is 5.75 Å². The number of fused-ring (bicyclic) bond motifs is 1. The van der Waals surface area contributed by atoms with E-state index in [-0.39, 0.29) is 0 Å². The highest BCUT2D eigenvalue weighted by Gasteiger charge is 2.12. The highest BCUT2D eigenvalue weighted by atomic mass is 16.5. The van der Waals surface area contributed by atoms with Gasteiger partial charge in [-0.2, -0.15) is 0 Å². The van der Waals surface area contributed by atoms with Crippen LogP contribution in [0.15, 0.2) is 18.2 Å². The predicted molar refractivity (Wildman–Crippen MR) is 71.7 cm³/mol. The maximum absolute atomic E-state index is 5.64. The molecule has 2 rings (SSSR count). The molecule has 1 atom stereocenters. The zero-order chi connectivity index (χ0) is 12.1. The second kappa shape index (κ2) is 6.06. The van der Waals surface area contributed by atoms with Crippen LogP contribution in [-0.4, -0.2) is 20.2 Å². The second-order valence-electron chi connectivity index (χ2n) is 4.93. The Morgan fingerprint density at radius 3 is 3.06 bits per heavy atom. The summed E-state index contributed by atoms with van der Waals surface area (Å²) in [6.45, 7) is 4.25. The van der Waals surface area contributed by atoms with E-state index in [9.17, 15) is 0 Å². The van der Waals surface area contributed by atoms with Gasteiger partial charge < -0.3 is 10.1 Å². The molecule has 2 heteroatoms. The van der Waals surface area contributed by atoms with Gasteiger partial charge in [0.1, 0.15) is 5.75 Å². The Balaban J connectivity index is 2.05. The Morgan fingerprint density at radius 2 is 2.29 bits per heavy atom. The van der Waals surface area contributed by atoms with E-state index < -0.39 is 0 Å². The van der Waals surface area contributed by atoms with E-state index in [4.69, 9.17) is 4.74 Å². The lowest BCUT2D eigenvalue weighted by atomic mass is 9.94. The van der Waals surface area contributed by atoms with Crippen LogP contribution in [0.25, 0.3) is 0 Å². The van der Waals surface area contributed by atoms with Crippen molar-refractivity contribution in [2.75, 3.05) is 20.2 Å². The quantitative estimate of drug-likeness (QED) is 0.844. The average molecular weight is 233 g/mol. The molecule has 1 unspecified atom stereocenters. The Labute approximate surface area is 104 Å². The molecule has 1 N–H and O–H groups in total. The van der Waals surface area contributed by atoms with Crippen molar-refractivity contribution in [1.29, 1.82) is 0 Å². The molecule has 1 aromatic carbocycles. The van der Waals surface area contributed by atoms with Crippen molar-refractivity contribution in [2.45, 2.75) is 32.6 Å². The van der Waals surface area contributed by atoms with Gasteiger partial charge in [0, 0.05) is 0 Å². The molecule has 0 radical (unpaired) electrons. The van der Waals surface area contributed by atoms with E-state index in [1.54, 1.807) is 0 Å².